The van der Waals surface area contributed by atoms with E-state index in [0.717, 1.165) is 19.4 Å². The van der Waals surface area contributed by atoms with Gasteiger partial charge in [0.2, 0.25) is 0 Å². The van der Waals surface area contributed by atoms with E-state index in [9.17, 15) is 0 Å². The molecule has 2 atom stereocenters. The highest BCUT2D eigenvalue weighted by Gasteiger charge is 2.17. The van der Waals surface area contributed by atoms with E-state index in [1.54, 1.807) is 0 Å². The Bertz CT molecular complexity index is 273. The molecule has 2 unspecified atom stereocenters. The molecule has 0 saturated carbocycles. The predicted octanol–water partition coefficient (Wildman–Crippen LogP) is 1.14. The van der Waals surface area contributed by atoms with Crippen LogP contribution in [0.15, 0.2) is 30.3 Å². The van der Waals surface area contributed by atoms with Gasteiger partial charge in [0.05, 0.1) is 6.17 Å². The van der Waals surface area contributed by atoms with Crippen molar-refractivity contribution in [1.82, 2.24) is 5.32 Å². The van der Waals surface area contributed by atoms with Crippen LogP contribution in [-0.4, -0.2) is 18.8 Å². The summed E-state index contributed by atoms with van der Waals surface area (Å²) in [6, 6.07) is 10.8. The van der Waals surface area contributed by atoms with Crippen molar-refractivity contribution >= 4 is 5.69 Å². The molecule has 3 heteroatoms. The van der Waals surface area contributed by atoms with Gasteiger partial charge in [-0.05, 0) is 31.5 Å². The minimum absolute atomic E-state index is 0.143. The first-order valence-electron chi connectivity index (χ1n) is 5.15. The first-order valence-corrected chi connectivity index (χ1v) is 5.15. The average Bonchev–Trinajstić information content (AvgIpc) is 2.19. The standard InChI is InChI=1S/C11H17N3/c12-11-8-10(6-7-13-11)14-9-4-2-1-3-5-9/h1-5,10-11,13-14H,6-8,12H2. The number of hydrogen-bond acceptors (Lipinski definition) is 3. The summed E-state index contributed by atoms with van der Waals surface area (Å²) in [5.74, 6) is 0. The predicted molar refractivity (Wildman–Crippen MR) is 59.1 cm³/mol. The second-order valence-electron chi connectivity index (χ2n) is 3.79. The third-order valence-electron chi connectivity index (χ3n) is 2.58. The van der Waals surface area contributed by atoms with E-state index in [1.165, 1.54) is 5.69 Å². The molecule has 76 valence electrons. The summed E-state index contributed by atoms with van der Waals surface area (Å²) >= 11 is 0. The number of benzene rings is 1. The van der Waals surface area contributed by atoms with E-state index in [2.05, 4.69) is 22.8 Å². The Morgan fingerprint density at radius 1 is 1.29 bits per heavy atom. The van der Waals surface area contributed by atoms with Gasteiger partial charge in [-0.2, -0.15) is 0 Å². The maximum atomic E-state index is 5.83. The molecule has 0 spiro atoms. The molecule has 1 aliphatic heterocycles. The number of para-hydroxylation sites is 1. The van der Waals surface area contributed by atoms with Crippen molar-refractivity contribution in [1.29, 1.82) is 0 Å². The van der Waals surface area contributed by atoms with Gasteiger partial charge in [0, 0.05) is 11.7 Å². The Morgan fingerprint density at radius 2 is 2.07 bits per heavy atom. The molecule has 2 rings (SSSR count). The molecule has 0 amide bonds. The first-order chi connectivity index (χ1) is 6.84. The van der Waals surface area contributed by atoms with Crippen LogP contribution in [0.3, 0.4) is 0 Å². The van der Waals surface area contributed by atoms with E-state index in [-0.39, 0.29) is 6.17 Å². The van der Waals surface area contributed by atoms with Crippen molar-refractivity contribution < 1.29 is 0 Å². The molecule has 1 heterocycles. The molecule has 1 saturated heterocycles. The lowest BCUT2D eigenvalue weighted by Gasteiger charge is -2.29. The highest BCUT2D eigenvalue weighted by atomic mass is 15.1. The summed E-state index contributed by atoms with van der Waals surface area (Å²) in [6.07, 6.45) is 2.28. The van der Waals surface area contributed by atoms with Crippen molar-refractivity contribution in [3.8, 4) is 0 Å². The Balaban J connectivity index is 1.91. The summed E-state index contributed by atoms with van der Waals surface area (Å²) in [5, 5.41) is 6.73. The number of nitrogens with one attached hydrogen (secondary N) is 2. The average molecular weight is 191 g/mol. The molecule has 14 heavy (non-hydrogen) atoms. The lowest BCUT2D eigenvalue weighted by molar-refractivity contribution is 0.384. The largest absolute Gasteiger partial charge is 0.382 e. The monoisotopic (exact) mass is 191 g/mol. The Labute approximate surface area is 84.7 Å². The van der Waals surface area contributed by atoms with E-state index < -0.39 is 0 Å². The number of hydrogen-bond donors (Lipinski definition) is 3. The maximum absolute atomic E-state index is 5.83. The van der Waals surface area contributed by atoms with Crippen LogP contribution in [0.1, 0.15) is 12.8 Å². The lowest BCUT2D eigenvalue weighted by Crippen LogP contribution is -2.48. The van der Waals surface area contributed by atoms with Crippen molar-refractivity contribution in [2.24, 2.45) is 5.73 Å². The second-order valence-corrected chi connectivity index (χ2v) is 3.79. The first kappa shape index (κ1) is 9.49. The van der Waals surface area contributed by atoms with Gasteiger partial charge in [-0.15, -0.1) is 0 Å². The van der Waals surface area contributed by atoms with Crippen LogP contribution in [0.4, 0.5) is 5.69 Å². The topological polar surface area (TPSA) is 50.1 Å². The van der Waals surface area contributed by atoms with Crippen LogP contribution in [0.2, 0.25) is 0 Å². The summed E-state index contributed by atoms with van der Waals surface area (Å²) in [6.45, 7) is 1.01. The number of nitrogens with two attached hydrogens (primary N) is 1. The molecule has 1 fully saturated rings. The van der Waals surface area contributed by atoms with Gasteiger partial charge in [-0.25, -0.2) is 0 Å². The number of anilines is 1. The van der Waals surface area contributed by atoms with Crippen LogP contribution in [0, 0.1) is 0 Å². The fourth-order valence-electron chi connectivity index (χ4n) is 1.85. The van der Waals surface area contributed by atoms with Crippen LogP contribution in [0.5, 0.6) is 0 Å². The molecule has 4 N–H and O–H groups in total. The fourth-order valence-corrected chi connectivity index (χ4v) is 1.85. The summed E-state index contributed by atoms with van der Waals surface area (Å²) in [5.41, 5.74) is 7.01. The summed E-state index contributed by atoms with van der Waals surface area (Å²) in [4.78, 5) is 0. The number of rotatable bonds is 2. The quantitative estimate of drug-likeness (QED) is 0.657. The Morgan fingerprint density at radius 3 is 2.79 bits per heavy atom. The van der Waals surface area contributed by atoms with Gasteiger partial charge in [0.1, 0.15) is 0 Å². The fraction of sp³-hybridized carbons (Fsp3) is 0.455. The summed E-state index contributed by atoms with van der Waals surface area (Å²) < 4.78 is 0. The van der Waals surface area contributed by atoms with Crippen LogP contribution >= 0.6 is 0 Å². The molecule has 3 nitrogen and oxygen atoms in total. The highest BCUT2D eigenvalue weighted by molar-refractivity contribution is 5.43. The summed E-state index contributed by atoms with van der Waals surface area (Å²) in [7, 11) is 0. The minimum atomic E-state index is 0.143. The number of piperidine rings is 1. The van der Waals surface area contributed by atoms with Crippen LogP contribution in [0.25, 0.3) is 0 Å². The third-order valence-corrected chi connectivity index (χ3v) is 2.58. The molecule has 0 aromatic heterocycles. The van der Waals surface area contributed by atoms with Crippen molar-refractivity contribution in [3.05, 3.63) is 30.3 Å². The zero-order valence-corrected chi connectivity index (χ0v) is 8.24. The molecular formula is C11H17N3. The van der Waals surface area contributed by atoms with E-state index in [0.29, 0.717) is 6.04 Å². The van der Waals surface area contributed by atoms with Crippen molar-refractivity contribution in [3.63, 3.8) is 0 Å². The molecule has 0 radical (unpaired) electrons. The molecule has 1 aromatic carbocycles. The van der Waals surface area contributed by atoms with Gasteiger partial charge in [0.15, 0.2) is 0 Å². The van der Waals surface area contributed by atoms with Crippen LogP contribution in [-0.2, 0) is 0 Å². The van der Waals surface area contributed by atoms with Gasteiger partial charge >= 0.3 is 0 Å². The van der Waals surface area contributed by atoms with Gasteiger partial charge in [-0.3, -0.25) is 0 Å². The Kier molecular flexibility index (Phi) is 3.01. The van der Waals surface area contributed by atoms with Gasteiger partial charge in [0.25, 0.3) is 0 Å². The zero-order chi connectivity index (χ0) is 9.80. The lowest BCUT2D eigenvalue weighted by atomic mass is 10.0. The van der Waals surface area contributed by atoms with Gasteiger partial charge < -0.3 is 16.4 Å². The smallest absolute Gasteiger partial charge is 0.0566 e. The molecule has 0 bridgehead atoms. The van der Waals surface area contributed by atoms with Crippen molar-refractivity contribution in [2.75, 3.05) is 11.9 Å². The Hall–Kier alpha value is -1.06. The molecule has 1 aromatic rings. The molecular weight excluding hydrogens is 174 g/mol. The SMILES string of the molecule is NC1CC(Nc2ccccc2)CCN1. The minimum Gasteiger partial charge on any atom is -0.382 e. The molecule has 0 aliphatic carbocycles. The van der Waals surface area contributed by atoms with Crippen LogP contribution < -0.4 is 16.4 Å². The second kappa shape index (κ2) is 4.44. The maximum Gasteiger partial charge on any atom is 0.0566 e. The molecule has 1 aliphatic rings. The van der Waals surface area contributed by atoms with E-state index in [1.807, 2.05) is 18.2 Å². The highest BCUT2D eigenvalue weighted by Crippen LogP contribution is 2.13. The normalized spacial score (nSPS) is 27.2. The van der Waals surface area contributed by atoms with E-state index >= 15 is 0 Å². The third kappa shape index (κ3) is 2.47. The zero-order valence-electron chi connectivity index (χ0n) is 8.24. The van der Waals surface area contributed by atoms with E-state index in [4.69, 9.17) is 5.73 Å². The van der Waals surface area contributed by atoms with Crippen molar-refractivity contribution in [2.45, 2.75) is 25.0 Å². The van der Waals surface area contributed by atoms with Gasteiger partial charge in [-0.1, -0.05) is 18.2 Å².